The molecule has 7 nitrogen and oxygen atoms in total. The molecule has 1 saturated heterocycles. The van der Waals surface area contributed by atoms with Crippen LogP contribution in [0.5, 0.6) is 0 Å². The van der Waals surface area contributed by atoms with Crippen LogP contribution < -0.4 is 10.2 Å². The van der Waals surface area contributed by atoms with Crippen LogP contribution in [-0.4, -0.2) is 54.4 Å². The van der Waals surface area contributed by atoms with Crippen molar-refractivity contribution < 1.29 is 18.4 Å². The van der Waals surface area contributed by atoms with Crippen LogP contribution in [0.25, 0.3) is 11.3 Å². The van der Waals surface area contributed by atoms with Crippen molar-refractivity contribution in [2.45, 2.75) is 12.8 Å². The third kappa shape index (κ3) is 5.90. The van der Waals surface area contributed by atoms with Crippen molar-refractivity contribution in [2.24, 2.45) is 0 Å². The fourth-order valence-corrected chi connectivity index (χ4v) is 3.80. The molecule has 1 aliphatic heterocycles. The van der Waals surface area contributed by atoms with Gasteiger partial charge in [0.25, 0.3) is 0 Å². The Bertz CT molecular complexity index is 1110. The minimum Gasteiger partial charge on any atom is -0.441 e. The topological polar surface area (TPSA) is 78.7 Å². The van der Waals surface area contributed by atoms with Crippen molar-refractivity contribution in [3.05, 3.63) is 71.5 Å². The maximum absolute atomic E-state index is 13.9. The maximum atomic E-state index is 13.9. The summed E-state index contributed by atoms with van der Waals surface area (Å²) in [6, 6.07) is 13.9. The Kier molecular flexibility index (Phi) is 7.24. The number of oxazole rings is 1. The third-order valence-corrected chi connectivity index (χ3v) is 5.77. The van der Waals surface area contributed by atoms with Crippen LogP contribution in [0.3, 0.4) is 0 Å². The van der Waals surface area contributed by atoms with Gasteiger partial charge in [-0.15, -0.1) is 0 Å². The molecule has 1 fully saturated rings. The van der Waals surface area contributed by atoms with Gasteiger partial charge in [0.15, 0.2) is 11.7 Å². The molecule has 0 saturated carbocycles. The predicted molar refractivity (Wildman–Crippen MR) is 123 cm³/mol. The molecule has 0 bridgehead atoms. The lowest BCUT2D eigenvalue weighted by Gasteiger charge is -2.36. The molecule has 0 atom stereocenters. The Morgan fingerprint density at radius 1 is 1.06 bits per heavy atom. The van der Waals surface area contributed by atoms with E-state index in [2.05, 4.69) is 15.2 Å². The fourth-order valence-electron chi connectivity index (χ4n) is 3.67. The Hall–Kier alpha value is -3.39. The summed E-state index contributed by atoms with van der Waals surface area (Å²) in [6.07, 6.45) is 1.82. The van der Waals surface area contributed by atoms with Crippen molar-refractivity contribution in [2.75, 3.05) is 37.6 Å². The number of carbonyl (C=O) groups is 2. The number of nitrogens with one attached hydrogen (secondary N) is 1. The summed E-state index contributed by atoms with van der Waals surface area (Å²) in [5.74, 6) is -0.124. The van der Waals surface area contributed by atoms with Crippen LogP contribution >= 0.6 is 11.6 Å². The molecular weight excluding hydrogens is 447 g/mol. The highest BCUT2D eigenvalue weighted by Crippen LogP contribution is 2.23. The number of hydrogen-bond acceptors (Lipinski definition) is 5. The first-order valence-corrected chi connectivity index (χ1v) is 11.1. The Morgan fingerprint density at radius 3 is 2.52 bits per heavy atom. The summed E-state index contributed by atoms with van der Waals surface area (Å²) >= 11 is 5.94. The zero-order valence-corrected chi connectivity index (χ0v) is 18.7. The number of nitrogens with zero attached hydrogens (tertiary/aromatic N) is 3. The van der Waals surface area contributed by atoms with Crippen molar-refractivity contribution in [1.82, 2.24) is 15.2 Å². The van der Waals surface area contributed by atoms with E-state index < -0.39 is 5.82 Å². The van der Waals surface area contributed by atoms with E-state index >= 15 is 0 Å². The molecule has 2 heterocycles. The first kappa shape index (κ1) is 22.8. The molecule has 9 heteroatoms. The molecule has 0 radical (unpaired) electrons. The lowest BCUT2D eigenvalue weighted by Crippen LogP contribution is -2.51. The molecule has 2 amide bonds. The average molecular weight is 471 g/mol. The summed E-state index contributed by atoms with van der Waals surface area (Å²) in [6.45, 7) is 2.57. The highest BCUT2D eigenvalue weighted by molar-refractivity contribution is 6.30. The Labute approximate surface area is 196 Å². The number of hydrogen-bond donors (Lipinski definition) is 1. The highest BCUT2D eigenvalue weighted by atomic mass is 35.5. The quantitative estimate of drug-likeness (QED) is 0.571. The molecule has 0 aliphatic carbocycles. The van der Waals surface area contributed by atoms with Crippen LogP contribution in [0.1, 0.15) is 12.3 Å². The largest absolute Gasteiger partial charge is 0.441 e. The number of amides is 2. The number of carbonyl (C=O) groups excluding carboxylic acids is 2. The summed E-state index contributed by atoms with van der Waals surface area (Å²) in [4.78, 5) is 32.7. The number of anilines is 1. The van der Waals surface area contributed by atoms with E-state index in [0.717, 1.165) is 18.8 Å². The number of rotatable bonds is 7. The third-order valence-electron chi connectivity index (χ3n) is 5.52. The average Bonchev–Trinajstić information content (AvgIpc) is 3.31. The van der Waals surface area contributed by atoms with Gasteiger partial charge >= 0.3 is 0 Å². The fraction of sp³-hybridized carbons (Fsp3) is 0.292. The smallest absolute Gasteiger partial charge is 0.242 e. The molecule has 4 rings (SSSR count). The van der Waals surface area contributed by atoms with Gasteiger partial charge in [-0.1, -0.05) is 23.7 Å². The maximum Gasteiger partial charge on any atom is 0.242 e. The number of aromatic nitrogens is 1. The van der Waals surface area contributed by atoms with Crippen LogP contribution in [0, 0.1) is 5.82 Å². The first-order chi connectivity index (χ1) is 16.0. The minimum atomic E-state index is -0.398. The summed E-state index contributed by atoms with van der Waals surface area (Å²) in [5, 5.41) is 3.35. The van der Waals surface area contributed by atoms with Crippen molar-refractivity contribution in [1.29, 1.82) is 0 Å². The van der Waals surface area contributed by atoms with E-state index in [9.17, 15) is 14.0 Å². The Morgan fingerprint density at radius 2 is 1.79 bits per heavy atom. The van der Waals surface area contributed by atoms with Gasteiger partial charge in [0.05, 0.1) is 18.3 Å². The molecule has 33 heavy (non-hydrogen) atoms. The second-order valence-corrected chi connectivity index (χ2v) is 8.16. The second kappa shape index (κ2) is 10.5. The monoisotopic (exact) mass is 470 g/mol. The van der Waals surface area contributed by atoms with Gasteiger partial charge in [-0.2, -0.15) is 0 Å². The molecular formula is C24H24ClFN4O3. The van der Waals surface area contributed by atoms with Gasteiger partial charge in [0.1, 0.15) is 5.82 Å². The van der Waals surface area contributed by atoms with Gasteiger partial charge in [-0.25, -0.2) is 9.37 Å². The minimum absolute atomic E-state index is 0.0498. The van der Waals surface area contributed by atoms with E-state index in [1.54, 1.807) is 23.1 Å². The van der Waals surface area contributed by atoms with E-state index in [0.29, 0.717) is 35.3 Å². The van der Waals surface area contributed by atoms with Crippen molar-refractivity contribution in [3.63, 3.8) is 0 Å². The van der Waals surface area contributed by atoms with E-state index in [-0.39, 0.29) is 31.2 Å². The van der Waals surface area contributed by atoms with Crippen LogP contribution in [0.2, 0.25) is 5.02 Å². The van der Waals surface area contributed by atoms with Gasteiger partial charge in [0, 0.05) is 49.7 Å². The van der Waals surface area contributed by atoms with Gasteiger partial charge in [-0.05, 0) is 36.4 Å². The molecule has 1 N–H and O–H groups in total. The first-order valence-electron chi connectivity index (χ1n) is 10.7. The molecule has 172 valence electrons. The number of benzene rings is 2. The van der Waals surface area contributed by atoms with Crippen LogP contribution in [0.4, 0.5) is 10.1 Å². The van der Waals surface area contributed by atoms with E-state index in [1.165, 1.54) is 12.3 Å². The molecule has 0 spiro atoms. The highest BCUT2D eigenvalue weighted by Gasteiger charge is 2.21. The van der Waals surface area contributed by atoms with E-state index in [4.69, 9.17) is 16.0 Å². The summed E-state index contributed by atoms with van der Waals surface area (Å²) in [5.41, 5.74) is 1.40. The normalized spacial score (nSPS) is 13.8. The molecule has 1 aliphatic rings. The number of piperazine rings is 1. The molecule has 1 aromatic heterocycles. The van der Waals surface area contributed by atoms with Gasteiger partial charge in [0.2, 0.25) is 11.8 Å². The lowest BCUT2D eigenvalue weighted by atomic mass is 10.2. The molecule has 0 unspecified atom stereocenters. The number of halogens is 2. The van der Waals surface area contributed by atoms with Crippen LogP contribution in [0.15, 0.2) is 59.1 Å². The molecule has 3 aromatic rings. The van der Waals surface area contributed by atoms with Crippen molar-refractivity contribution >= 4 is 29.1 Å². The lowest BCUT2D eigenvalue weighted by molar-refractivity contribution is -0.133. The van der Waals surface area contributed by atoms with E-state index in [1.807, 2.05) is 24.3 Å². The number of aryl methyl sites for hydroxylation is 1. The van der Waals surface area contributed by atoms with Crippen LogP contribution in [-0.2, 0) is 16.0 Å². The van der Waals surface area contributed by atoms with Gasteiger partial charge < -0.3 is 19.5 Å². The van der Waals surface area contributed by atoms with Gasteiger partial charge in [-0.3, -0.25) is 9.59 Å². The molecule has 2 aromatic carbocycles. The summed E-state index contributed by atoms with van der Waals surface area (Å²) in [7, 11) is 0. The zero-order valence-electron chi connectivity index (χ0n) is 18.0. The standard InChI is InChI=1S/C24H24ClFN4O3/c25-17-5-7-18(8-6-17)29-11-13-30(14-12-29)24(32)16-27-22(31)9-10-23-28-15-21(33-23)19-3-1-2-4-20(19)26/h1-8,15H,9-14,16H2,(H,27,31). The second-order valence-electron chi connectivity index (χ2n) is 7.72. The van der Waals surface area contributed by atoms with Crippen molar-refractivity contribution in [3.8, 4) is 11.3 Å². The summed E-state index contributed by atoms with van der Waals surface area (Å²) < 4.78 is 19.4. The predicted octanol–water partition coefficient (Wildman–Crippen LogP) is 3.53. The SMILES string of the molecule is O=C(CCc1ncc(-c2ccccc2F)o1)NCC(=O)N1CCN(c2ccc(Cl)cc2)CC1. The zero-order chi connectivity index (χ0) is 23.2. The Balaban J connectivity index is 1.18.